The van der Waals surface area contributed by atoms with Gasteiger partial charge in [0, 0.05) is 31.5 Å². The minimum absolute atomic E-state index is 0.0151. The minimum atomic E-state index is -4.87. The van der Waals surface area contributed by atoms with Crippen molar-refractivity contribution in [3.63, 3.8) is 0 Å². The molecule has 3 rings (SSSR count). The summed E-state index contributed by atoms with van der Waals surface area (Å²) in [6.07, 6.45) is -2.83. The molecular weight excluding hydrogens is 439 g/mol. The van der Waals surface area contributed by atoms with E-state index in [4.69, 9.17) is 9.88 Å². The summed E-state index contributed by atoms with van der Waals surface area (Å²) < 4.78 is 69.5. The summed E-state index contributed by atoms with van der Waals surface area (Å²) in [5, 5.41) is 7.07. The third kappa shape index (κ3) is 5.18. The number of hydrazine groups is 1. The Morgan fingerprint density at radius 3 is 2.58 bits per heavy atom. The summed E-state index contributed by atoms with van der Waals surface area (Å²) in [6, 6.07) is 4.56. The number of alkyl halides is 3. The van der Waals surface area contributed by atoms with Crippen LogP contribution in [0.15, 0.2) is 41.7 Å². The third-order valence-electron chi connectivity index (χ3n) is 4.44. The zero-order valence-corrected chi connectivity index (χ0v) is 17.4. The van der Waals surface area contributed by atoms with E-state index in [9.17, 15) is 26.4 Å². The zero-order valence-electron chi connectivity index (χ0n) is 16.6. The second-order valence-corrected chi connectivity index (χ2v) is 8.92. The molecule has 13 heteroatoms. The van der Waals surface area contributed by atoms with Gasteiger partial charge in [-0.3, -0.25) is 9.78 Å². The second kappa shape index (κ2) is 8.15. The Morgan fingerprint density at radius 1 is 1.26 bits per heavy atom. The van der Waals surface area contributed by atoms with Gasteiger partial charge in [-0.25, -0.2) is 28.6 Å². The van der Waals surface area contributed by atoms with E-state index in [2.05, 4.69) is 9.97 Å². The number of sulfonamides is 1. The monoisotopic (exact) mass is 459 g/mol. The van der Waals surface area contributed by atoms with E-state index >= 15 is 0 Å². The Bertz CT molecular complexity index is 1090. The molecule has 9 nitrogen and oxygen atoms in total. The van der Waals surface area contributed by atoms with Crippen LogP contribution in [0.5, 0.6) is 0 Å². The number of anilines is 1. The van der Waals surface area contributed by atoms with Crippen molar-refractivity contribution in [2.24, 2.45) is 5.14 Å². The average molecular weight is 459 g/mol. The van der Waals surface area contributed by atoms with Crippen LogP contribution in [0, 0.1) is 0 Å². The average Bonchev–Trinajstić information content (AvgIpc) is 2.66. The molecule has 2 aromatic rings. The van der Waals surface area contributed by atoms with Crippen LogP contribution in [0.25, 0.3) is 0 Å². The molecule has 2 N–H and O–H groups in total. The Hall–Kier alpha value is -2.61. The second-order valence-electron chi connectivity index (χ2n) is 7.41. The van der Waals surface area contributed by atoms with Crippen LogP contribution < -0.4 is 10.1 Å². The molecule has 2 aromatic heterocycles. The van der Waals surface area contributed by atoms with Gasteiger partial charge in [-0.1, -0.05) is 0 Å². The normalized spacial score (nSPS) is 17.4. The quantitative estimate of drug-likeness (QED) is 0.741. The zero-order chi connectivity index (χ0) is 23.0. The van der Waals surface area contributed by atoms with Crippen molar-refractivity contribution >= 4 is 21.6 Å². The number of ether oxygens (including phenoxy) is 1. The van der Waals surface area contributed by atoms with Gasteiger partial charge in [0.15, 0.2) is 10.7 Å². The summed E-state index contributed by atoms with van der Waals surface area (Å²) >= 11 is 0. The SMILES string of the molecule is CC1(C)CN(N(C(=O)c2cccnc2C(F)(F)F)c2ccnc(S(N)(=O)=O)c2)CCO1. The fourth-order valence-electron chi connectivity index (χ4n) is 3.18. The van der Waals surface area contributed by atoms with Crippen LogP contribution >= 0.6 is 0 Å². The molecule has 0 atom stereocenters. The lowest BCUT2D eigenvalue weighted by atomic mass is 10.1. The highest BCUT2D eigenvalue weighted by Gasteiger charge is 2.40. The summed E-state index contributed by atoms with van der Waals surface area (Å²) in [6.45, 7) is 4.03. The number of halogens is 3. The molecule has 0 aromatic carbocycles. The molecule has 0 aliphatic carbocycles. The summed E-state index contributed by atoms with van der Waals surface area (Å²) in [7, 11) is -4.22. The minimum Gasteiger partial charge on any atom is -0.373 e. The molecule has 168 valence electrons. The maximum Gasteiger partial charge on any atom is 0.434 e. The summed E-state index contributed by atoms with van der Waals surface area (Å²) in [4.78, 5) is 20.4. The molecular formula is C18H20F3N5O4S. The van der Waals surface area contributed by atoms with E-state index in [0.717, 1.165) is 29.5 Å². The fourth-order valence-corrected chi connectivity index (χ4v) is 3.67. The van der Waals surface area contributed by atoms with Crippen molar-refractivity contribution in [3.05, 3.63) is 47.9 Å². The van der Waals surface area contributed by atoms with Gasteiger partial charge in [0.05, 0.1) is 23.5 Å². The van der Waals surface area contributed by atoms with Crippen LogP contribution in [0.1, 0.15) is 29.9 Å². The highest BCUT2D eigenvalue weighted by atomic mass is 32.2. The maximum absolute atomic E-state index is 13.5. The number of hydrogen-bond donors (Lipinski definition) is 1. The van der Waals surface area contributed by atoms with E-state index in [1.54, 1.807) is 13.8 Å². The van der Waals surface area contributed by atoms with E-state index < -0.39 is 44.0 Å². The molecule has 1 saturated heterocycles. The first-order valence-electron chi connectivity index (χ1n) is 9.04. The molecule has 0 spiro atoms. The first-order chi connectivity index (χ1) is 14.3. The molecule has 0 radical (unpaired) electrons. The summed E-state index contributed by atoms with van der Waals surface area (Å²) in [5.74, 6) is -1.04. The Balaban J connectivity index is 2.15. The molecule has 1 fully saturated rings. The van der Waals surface area contributed by atoms with Gasteiger partial charge in [-0.05, 0) is 32.0 Å². The number of rotatable bonds is 4. The van der Waals surface area contributed by atoms with Gasteiger partial charge in [-0.15, -0.1) is 0 Å². The Morgan fingerprint density at radius 2 is 1.97 bits per heavy atom. The number of carbonyl (C=O) groups is 1. The highest BCUT2D eigenvalue weighted by molar-refractivity contribution is 7.89. The van der Waals surface area contributed by atoms with Crippen molar-refractivity contribution in [2.45, 2.75) is 30.7 Å². The van der Waals surface area contributed by atoms with Crippen molar-refractivity contribution < 1.29 is 31.1 Å². The third-order valence-corrected chi connectivity index (χ3v) is 5.25. The number of morpholine rings is 1. The Kier molecular flexibility index (Phi) is 6.06. The predicted molar refractivity (Wildman–Crippen MR) is 103 cm³/mol. The van der Waals surface area contributed by atoms with Crippen molar-refractivity contribution in [3.8, 4) is 0 Å². The number of primary sulfonamides is 1. The topological polar surface area (TPSA) is 119 Å². The molecule has 1 aliphatic heterocycles. The van der Waals surface area contributed by atoms with Crippen molar-refractivity contribution in [2.75, 3.05) is 24.7 Å². The smallest absolute Gasteiger partial charge is 0.373 e. The lowest BCUT2D eigenvalue weighted by molar-refractivity contribution is -0.141. The number of aromatic nitrogens is 2. The van der Waals surface area contributed by atoms with Gasteiger partial charge in [0.1, 0.15) is 0 Å². The molecule has 1 amide bonds. The van der Waals surface area contributed by atoms with E-state index in [1.807, 2.05) is 0 Å². The van der Waals surface area contributed by atoms with Crippen LogP contribution in [0.2, 0.25) is 0 Å². The van der Waals surface area contributed by atoms with E-state index in [-0.39, 0.29) is 25.4 Å². The van der Waals surface area contributed by atoms with Crippen LogP contribution in [0.4, 0.5) is 18.9 Å². The largest absolute Gasteiger partial charge is 0.434 e. The van der Waals surface area contributed by atoms with Gasteiger partial charge in [0.2, 0.25) is 0 Å². The molecule has 0 saturated carbocycles. The molecule has 31 heavy (non-hydrogen) atoms. The van der Waals surface area contributed by atoms with Crippen molar-refractivity contribution in [1.82, 2.24) is 15.0 Å². The number of amides is 1. The van der Waals surface area contributed by atoms with Gasteiger partial charge >= 0.3 is 6.18 Å². The maximum atomic E-state index is 13.5. The number of nitrogens with two attached hydrogens (primary N) is 1. The number of pyridine rings is 2. The van der Waals surface area contributed by atoms with Crippen LogP contribution in [-0.2, 0) is 20.9 Å². The standard InChI is InChI=1S/C18H20F3N5O4S/c1-17(2)11-25(8-9-30-17)26(12-5-7-23-14(10-12)31(22,28)29)16(27)13-4-3-6-24-15(13)18(19,20)21/h3-7,10H,8-9,11H2,1-2H3,(H2,22,28,29). The molecule has 1 aliphatic rings. The highest BCUT2D eigenvalue weighted by Crippen LogP contribution is 2.32. The number of carbonyl (C=O) groups excluding carboxylic acids is 1. The van der Waals surface area contributed by atoms with Crippen LogP contribution in [-0.4, -0.2) is 54.6 Å². The summed E-state index contributed by atoms with van der Waals surface area (Å²) in [5.41, 5.74) is -2.76. The first kappa shape index (κ1) is 23.1. The van der Waals surface area contributed by atoms with E-state index in [0.29, 0.717) is 0 Å². The molecule has 0 unspecified atom stereocenters. The lowest BCUT2D eigenvalue weighted by Gasteiger charge is -2.43. The molecule has 3 heterocycles. The van der Waals surface area contributed by atoms with Gasteiger partial charge in [-0.2, -0.15) is 13.2 Å². The lowest BCUT2D eigenvalue weighted by Crippen LogP contribution is -2.57. The number of hydrogen-bond acceptors (Lipinski definition) is 7. The fraction of sp³-hybridized carbons (Fsp3) is 0.389. The Labute approximate surface area is 176 Å². The van der Waals surface area contributed by atoms with Crippen molar-refractivity contribution in [1.29, 1.82) is 0 Å². The molecule has 0 bridgehead atoms. The number of nitrogens with zero attached hydrogens (tertiary/aromatic N) is 4. The predicted octanol–water partition coefficient (Wildman–Crippen LogP) is 1.82. The first-order valence-corrected chi connectivity index (χ1v) is 10.6. The van der Waals surface area contributed by atoms with Gasteiger partial charge < -0.3 is 4.74 Å². The van der Waals surface area contributed by atoms with Gasteiger partial charge in [0.25, 0.3) is 15.9 Å². The van der Waals surface area contributed by atoms with E-state index in [1.165, 1.54) is 17.1 Å². The van der Waals surface area contributed by atoms with Crippen LogP contribution in [0.3, 0.4) is 0 Å².